The number of hydrogen-bond donors (Lipinski definition) is 2. The van der Waals surface area contributed by atoms with E-state index in [1.807, 2.05) is 49.3 Å². The lowest BCUT2D eigenvalue weighted by molar-refractivity contribution is 1.07. The highest BCUT2D eigenvalue weighted by Gasteiger charge is 2.06. The molecule has 2 aromatic rings. The molecular weight excluding hydrogens is 188 g/mol. The van der Waals surface area contributed by atoms with E-state index in [-0.39, 0.29) is 0 Å². The third-order valence-corrected chi connectivity index (χ3v) is 2.40. The highest BCUT2D eigenvalue weighted by Crippen LogP contribution is 2.21. The van der Waals surface area contributed by atoms with Crippen molar-refractivity contribution in [3.63, 3.8) is 0 Å². The third-order valence-electron chi connectivity index (χ3n) is 2.40. The number of nitrogens with two attached hydrogens (primary N) is 1. The van der Waals surface area contributed by atoms with Gasteiger partial charge in [-0.1, -0.05) is 0 Å². The Labute approximate surface area is 88.7 Å². The molecule has 3 N–H and O–H groups in total. The van der Waals surface area contributed by atoms with Crippen molar-refractivity contribution >= 4 is 17.3 Å². The van der Waals surface area contributed by atoms with Crippen LogP contribution in [0.4, 0.5) is 17.3 Å². The Kier molecular flexibility index (Phi) is 2.33. The number of rotatable bonds is 2. The minimum atomic E-state index is 0.721. The molecule has 15 heavy (non-hydrogen) atoms. The quantitative estimate of drug-likeness (QED) is 0.783. The molecule has 78 valence electrons. The summed E-state index contributed by atoms with van der Waals surface area (Å²) in [6, 6.07) is 7.73. The fourth-order valence-corrected chi connectivity index (χ4v) is 1.40. The molecule has 0 aliphatic heterocycles. The van der Waals surface area contributed by atoms with Crippen LogP contribution in [0.1, 0.15) is 5.69 Å². The number of aromatic amines is 1. The van der Waals surface area contributed by atoms with Gasteiger partial charge in [-0.2, -0.15) is 0 Å². The van der Waals surface area contributed by atoms with Crippen LogP contribution in [0.3, 0.4) is 0 Å². The van der Waals surface area contributed by atoms with Crippen LogP contribution in [0.2, 0.25) is 0 Å². The van der Waals surface area contributed by atoms with Crippen LogP contribution in [0.25, 0.3) is 0 Å². The molecule has 2 rings (SSSR count). The van der Waals surface area contributed by atoms with Crippen molar-refractivity contribution in [3.8, 4) is 0 Å². The third kappa shape index (κ3) is 1.79. The van der Waals surface area contributed by atoms with Gasteiger partial charge in [0.15, 0.2) is 0 Å². The number of H-pyrrole nitrogens is 1. The first-order chi connectivity index (χ1) is 7.18. The SMILES string of the molecule is Cc1nc(N(C)c2ccc[nH]2)ccc1N. The second-order valence-corrected chi connectivity index (χ2v) is 3.46. The second kappa shape index (κ2) is 3.65. The molecular formula is C11H14N4. The number of nitrogens with zero attached hydrogens (tertiary/aromatic N) is 2. The zero-order valence-corrected chi connectivity index (χ0v) is 8.86. The number of pyridine rings is 1. The zero-order valence-electron chi connectivity index (χ0n) is 8.86. The molecule has 2 heterocycles. The van der Waals surface area contributed by atoms with Crippen LogP contribution in [0, 0.1) is 6.92 Å². The maximum Gasteiger partial charge on any atom is 0.134 e. The first-order valence-electron chi connectivity index (χ1n) is 4.79. The van der Waals surface area contributed by atoms with E-state index in [1.54, 1.807) is 0 Å². The van der Waals surface area contributed by atoms with Crippen molar-refractivity contribution in [2.45, 2.75) is 6.92 Å². The van der Waals surface area contributed by atoms with Crippen molar-refractivity contribution in [2.75, 3.05) is 17.7 Å². The predicted octanol–water partition coefficient (Wildman–Crippen LogP) is 2.07. The number of nitrogens with one attached hydrogen (secondary N) is 1. The van der Waals surface area contributed by atoms with Gasteiger partial charge >= 0.3 is 0 Å². The van der Waals surface area contributed by atoms with E-state index in [1.165, 1.54) is 0 Å². The average molecular weight is 202 g/mol. The Morgan fingerprint density at radius 3 is 2.73 bits per heavy atom. The summed E-state index contributed by atoms with van der Waals surface area (Å²) in [6.45, 7) is 1.90. The molecule has 0 saturated heterocycles. The molecule has 0 saturated carbocycles. The van der Waals surface area contributed by atoms with Gasteiger partial charge in [0, 0.05) is 13.2 Å². The van der Waals surface area contributed by atoms with Crippen molar-refractivity contribution in [1.82, 2.24) is 9.97 Å². The minimum absolute atomic E-state index is 0.721. The Balaban J connectivity index is 2.34. The van der Waals surface area contributed by atoms with Gasteiger partial charge in [-0.3, -0.25) is 0 Å². The van der Waals surface area contributed by atoms with E-state index < -0.39 is 0 Å². The molecule has 0 unspecified atom stereocenters. The molecule has 0 radical (unpaired) electrons. The van der Waals surface area contributed by atoms with Gasteiger partial charge in [-0.25, -0.2) is 4.98 Å². The highest BCUT2D eigenvalue weighted by molar-refractivity contribution is 5.58. The number of aryl methyl sites for hydroxylation is 1. The minimum Gasteiger partial charge on any atom is -0.397 e. The van der Waals surface area contributed by atoms with Crippen LogP contribution in [0.5, 0.6) is 0 Å². The summed E-state index contributed by atoms with van der Waals surface area (Å²) in [5.74, 6) is 1.89. The van der Waals surface area contributed by atoms with Crippen LogP contribution in [-0.4, -0.2) is 17.0 Å². The van der Waals surface area contributed by atoms with E-state index in [4.69, 9.17) is 5.73 Å². The van der Waals surface area contributed by atoms with Crippen molar-refractivity contribution in [1.29, 1.82) is 0 Å². The first kappa shape index (κ1) is 9.58. The molecule has 0 aliphatic carbocycles. The molecule has 0 fully saturated rings. The lowest BCUT2D eigenvalue weighted by Gasteiger charge is -2.17. The van der Waals surface area contributed by atoms with Crippen molar-refractivity contribution in [3.05, 3.63) is 36.2 Å². The lowest BCUT2D eigenvalue weighted by Crippen LogP contribution is -2.12. The monoisotopic (exact) mass is 202 g/mol. The molecule has 2 aromatic heterocycles. The molecule has 0 amide bonds. The van der Waals surface area contributed by atoms with Gasteiger partial charge in [0.2, 0.25) is 0 Å². The van der Waals surface area contributed by atoms with Gasteiger partial charge in [-0.15, -0.1) is 0 Å². The maximum absolute atomic E-state index is 5.72. The van der Waals surface area contributed by atoms with Crippen LogP contribution < -0.4 is 10.6 Å². The van der Waals surface area contributed by atoms with Gasteiger partial charge in [-0.05, 0) is 31.2 Å². The average Bonchev–Trinajstić information content (AvgIpc) is 2.74. The van der Waals surface area contributed by atoms with Crippen LogP contribution in [0.15, 0.2) is 30.5 Å². The summed E-state index contributed by atoms with van der Waals surface area (Å²) in [5, 5.41) is 0. The van der Waals surface area contributed by atoms with Crippen molar-refractivity contribution < 1.29 is 0 Å². The number of anilines is 3. The topological polar surface area (TPSA) is 57.9 Å². The summed E-state index contributed by atoms with van der Waals surface area (Å²) in [7, 11) is 1.96. The predicted molar refractivity (Wildman–Crippen MR) is 62.2 cm³/mol. The summed E-state index contributed by atoms with van der Waals surface area (Å²) < 4.78 is 0. The van der Waals surface area contributed by atoms with Gasteiger partial charge in [0.1, 0.15) is 11.6 Å². The summed E-state index contributed by atoms with van der Waals surface area (Å²) >= 11 is 0. The first-order valence-corrected chi connectivity index (χ1v) is 4.79. The summed E-state index contributed by atoms with van der Waals surface area (Å²) in [5.41, 5.74) is 7.29. The van der Waals surface area contributed by atoms with Crippen molar-refractivity contribution in [2.24, 2.45) is 0 Å². The molecule has 4 nitrogen and oxygen atoms in total. The second-order valence-electron chi connectivity index (χ2n) is 3.46. The fourth-order valence-electron chi connectivity index (χ4n) is 1.40. The molecule has 0 spiro atoms. The number of nitrogen functional groups attached to an aromatic ring is 1. The summed E-state index contributed by atoms with van der Waals surface area (Å²) in [4.78, 5) is 9.51. The Morgan fingerprint density at radius 1 is 1.33 bits per heavy atom. The van der Waals surface area contributed by atoms with E-state index in [9.17, 15) is 0 Å². The number of hydrogen-bond acceptors (Lipinski definition) is 3. The Hall–Kier alpha value is -1.97. The standard InChI is InChI=1S/C11H14N4/c1-8-9(12)5-6-11(14-8)15(2)10-4-3-7-13-10/h3-7,13H,12H2,1-2H3. The van der Waals surface area contributed by atoms with Crippen LogP contribution in [-0.2, 0) is 0 Å². The van der Waals surface area contributed by atoms with Gasteiger partial charge in [0.25, 0.3) is 0 Å². The largest absolute Gasteiger partial charge is 0.397 e. The Bertz CT molecular complexity index is 448. The highest BCUT2D eigenvalue weighted by atomic mass is 15.2. The van der Waals surface area contributed by atoms with E-state index in [0.717, 1.165) is 23.0 Å². The molecule has 0 aromatic carbocycles. The maximum atomic E-state index is 5.72. The molecule has 4 heteroatoms. The fraction of sp³-hybridized carbons (Fsp3) is 0.182. The summed E-state index contributed by atoms with van der Waals surface area (Å²) in [6.07, 6.45) is 1.88. The van der Waals surface area contributed by atoms with Crippen LogP contribution >= 0.6 is 0 Å². The molecule has 0 aliphatic rings. The van der Waals surface area contributed by atoms with E-state index in [2.05, 4.69) is 9.97 Å². The lowest BCUT2D eigenvalue weighted by atomic mass is 10.3. The zero-order chi connectivity index (χ0) is 10.8. The smallest absolute Gasteiger partial charge is 0.134 e. The van der Waals surface area contributed by atoms with E-state index >= 15 is 0 Å². The van der Waals surface area contributed by atoms with E-state index in [0.29, 0.717) is 0 Å². The van der Waals surface area contributed by atoms with Gasteiger partial charge in [0.05, 0.1) is 11.4 Å². The Morgan fingerprint density at radius 2 is 2.13 bits per heavy atom. The molecule has 0 bridgehead atoms. The number of aromatic nitrogens is 2. The normalized spacial score (nSPS) is 10.3. The molecule has 0 atom stereocenters. The van der Waals surface area contributed by atoms with Gasteiger partial charge < -0.3 is 15.6 Å².